The molecule has 5 amide bonds. The van der Waals surface area contributed by atoms with Crippen molar-refractivity contribution in [2.75, 3.05) is 23.3 Å². The SMILES string of the molecule is CC1(C)[C@@H](N(O)C(=O)Nc2cccc(Cl)c2)N(c2cccc(Cl)c2)C(=O)N1CC(=O)NCC(=O)[O-]. The Bertz CT molecular complexity index is 1160. The standard InChI is InChI=1S/C22H23Cl2N5O6/c1-22(2)19(29(35)20(33)26-15-7-3-5-13(23)9-15)28(16-8-4-6-14(24)10-16)21(34)27(22)12-17(30)25-11-18(31)32/h3-10,19,35H,11-12H2,1-2H3,(H,25,30)(H,26,33)(H,31,32)/p-1/t19-/m1/s1. The molecule has 2 aromatic rings. The van der Waals surface area contributed by atoms with E-state index in [4.69, 9.17) is 23.2 Å². The van der Waals surface area contributed by atoms with Crippen LogP contribution in [0.4, 0.5) is 21.0 Å². The molecule has 1 saturated heterocycles. The highest BCUT2D eigenvalue weighted by molar-refractivity contribution is 6.31. The Morgan fingerprint density at radius 3 is 2.34 bits per heavy atom. The van der Waals surface area contributed by atoms with Gasteiger partial charge >= 0.3 is 12.1 Å². The molecule has 2 aromatic carbocycles. The quantitative estimate of drug-likeness (QED) is 0.375. The lowest BCUT2D eigenvalue weighted by molar-refractivity contribution is -0.304. The molecule has 11 nitrogen and oxygen atoms in total. The molecule has 0 saturated carbocycles. The van der Waals surface area contributed by atoms with Crippen molar-refractivity contribution in [2.45, 2.75) is 25.6 Å². The van der Waals surface area contributed by atoms with Gasteiger partial charge in [0.2, 0.25) is 5.91 Å². The Hall–Kier alpha value is -3.54. The van der Waals surface area contributed by atoms with Gasteiger partial charge in [-0.3, -0.25) is 14.9 Å². The molecule has 0 bridgehead atoms. The minimum absolute atomic E-state index is 0.257. The molecule has 1 heterocycles. The number of carboxylic acids is 1. The Balaban J connectivity index is 1.95. The van der Waals surface area contributed by atoms with Gasteiger partial charge in [0, 0.05) is 21.4 Å². The maximum absolute atomic E-state index is 13.5. The van der Waals surface area contributed by atoms with E-state index in [-0.39, 0.29) is 5.69 Å². The second-order valence-electron chi connectivity index (χ2n) is 8.18. The second-order valence-corrected chi connectivity index (χ2v) is 9.05. The molecule has 3 N–H and O–H groups in total. The van der Waals surface area contributed by atoms with Gasteiger partial charge in [0.15, 0.2) is 6.17 Å². The van der Waals surface area contributed by atoms with Crippen molar-refractivity contribution in [1.29, 1.82) is 0 Å². The fourth-order valence-electron chi connectivity index (χ4n) is 3.72. The van der Waals surface area contributed by atoms with Crippen LogP contribution < -0.4 is 20.6 Å². The van der Waals surface area contributed by atoms with Crippen LogP contribution in [0.1, 0.15) is 13.8 Å². The van der Waals surface area contributed by atoms with Crippen LogP contribution in [0.3, 0.4) is 0 Å². The zero-order valence-corrected chi connectivity index (χ0v) is 20.2. The molecule has 186 valence electrons. The molecular formula is C22H22Cl2N5O6-. The molecule has 1 aliphatic rings. The maximum atomic E-state index is 13.5. The summed E-state index contributed by atoms with van der Waals surface area (Å²) in [4.78, 5) is 51.6. The highest BCUT2D eigenvalue weighted by Crippen LogP contribution is 2.38. The number of carbonyl (C=O) groups is 4. The predicted octanol–water partition coefficient (Wildman–Crippen LogP) is 2.13. The number of nitrogens with one attached hydrogen (secondary N) is 2. The first-order chi connectivity index (χ1) is 16.4. The number of halogens is 2. The Kier molecular flexibility index (Phi) is 7.73. The van der Waals surface area contributed by atoms with Crippen molar-refractivity contribution in [1.82, 2.24) is 15.3 Å². The second kappa shape index (κ2) is 10.4. The highest BCUT2D eigenvalue weighted by atomic mass is 35.5. The van der Waals surface area contributed by atoms with Crippen LogP contribution in [0.25, 0.3) is 0 Å². The molecule has 1 atom stereocenters. The number of amides is 5. The third-order valence-corrected chi connectivity index (χ3v) is 5.81. The third-order valence-electron chi connectivity index (χ3n) is 5.34. The van der Waals surface area contributed by atoms with Gasteiger partial charge < -0.3 is 25.4 Å². The van der Waals surface area contributed by atoms with Crippen molar-refractivity contribution < 1.29 is 29.5 Å². The van der Waals surface area contributed by atoms with Gasteiger partial charge in [0.25, 0.3) is 0 Å². The first kappa shape index (κ1) is 26.1. The van der Waals surface area contributed by atoms with E-state index < -0.39 is 48.7 Å². The van der Waals surface area contributed by atoms with E-state index in [0.717, 1.165) is 9.80 Å². The summed E-state index contributed by atoms with van der Waals surface area (Å²) in [5.41, 5.74) is -0.775. The van der Waals surface area contributed by atoms with Gasteiger partial charge in [0.1, 0.15) is 6.54 Å². The van der Waals surface area contributed by atoms with E-state index in [1.807, 2.05) is 0 Å². The van der Waals surface area contributed by atoms with Gasteiger partial charge in [-0.1, -0.05) is 35.3 Å². The van der Waals surface area contributed by atoms with E-state index in [0.29, 0.717) is 20.8 Å². The Morgan fingerprint density at radius 2 is 1.74 bits per heavy atom. The van der Waals surface area contributed by atoms with Crippen molar-refractivity contribution in [3.63, 3.8) is 0 Å². The van der Waals surface area contributed by atoms with Gasteiger partial charge in [-0.2, -0.15) is 5.06 Å². The van der Waals surface area contributed by atoms with Crippen LogP contribution in [-0.4, -0.2) is 63.9 Å². The zero-order chi connectivity index (χ0) is 25.9. The molecular weight excluding hydrogens is 501 g/mol. The first-order valence-electron chi connectivity index (χ1n) is 10.3. The largest absolute Gasteiger partial charge is 0.548 e. The molecule has 0 aliphatic carbocycles. The number of hydrogen-bond acceptors (Lipinski definition) is 6. The minimum Gasteiger partial charge on any atom is -0.548 e. The lowest BCUT2D eigenvalue weighted by Gasteiger charge is -2.38. The van der Waals surface area contributed by atoms with Crippen LogP contribution >= 0.6 is 23.2 Å². The number of urea groups is 2. The van der Waals surface area contributed by atoms with Gasteiger partial charge in [-0.15, -0.1) is 0 Å². The van der Waals surface area contributed by atoms with Crippen LogP contribution in [0.2, 0.25) is 10.0 Å². The fourth-order valence-corrected chi connectivity index (χ4v) is 4.10. The Labute approximate surface area is 210 Å². The average Bonchev–Trinajstić information content (AvgIpc) is 2.97. The molecule has 13 heteroatoms. The summed E-state index contributed by atoms with van der Waals surface area (Å²) in [7, 11) is 0. The predicted molar refractivity (Wildman–Crippen MR) is 126 cm³/mol. The van der Waals surface area contributed by atoms with Crippen molar-refractivity contribution in [3.8, 4) is 0 Å². The number of aliphatic carboxylic acids is 1. The van der Waals surface area contributed by atoms with Crippen molar-refractivity contribution in [2.24, 2.45) is 0 Å². The smallest absolute Gasteiger partial charge is 0.347 e. The molecule has 0 unspecified atom stereocenters. The number of hydroxylamine groups is 2. The summed E-state index contributed by atoms with van der Waals surface area (Å²) in [6.45, 7) is 1.80. The van der Waals surface area contributed by atoms with Gasteiger partial charge in [0.05, 0.1) is 18.1 Å². The number of benzene rings is 2. The van der Waals surface area contributed by atoms with E-state index in [2.05, 4.69) is 10.6 Å². The number of rotatable bonds is 7. The number of hydrogen-bond donors (Lipinski definition) is 3. The molecule has 1 fully saturated rings. The minimum atomic E-state index is -1.50. The summed E-state index contributed by atoms with van der Waals surface area (Å²) < 4.78 is 0. The Morgan fingerprint density at radius 1 is 1.11 bits per heavy atom. The van der Waals surface area contributed by atoms with E-state index in [9.17, 15) is 29.5 Å². The van der Waals surface area contributed by atoms with Crippen molar-refractivity contribution >= 4 is 58.5 Å². The topological polar surface area (TPSA) is 145 Å². The highest BCUT2D eigenvalue weighted by Gasteiger charge is 2.56. The molecule has 0 spiro atoms. The number of carbonyl (C=O) groups excluding carboxylic acids is 4. The summed E-state index contributed by atoms with van der Waals surface area (Å²) in [5.74, 6) is -2.27. The summed E-state index contributed by atoms with van der Waals surface area (Å²) in [6, 6.07) is 10.7. The van der Waals surface area contributed by atoms with E-state index >= 15 is 0 Å². The van der Waals surface area contributed by atoms with Gasteiger partial charge in [-0.05, 0) is 50.2 Å². The summed E-state index contributed by atoms with van der Waals surface area (Å²) >= 11 is 12.1. The van der Waals surface area contributed by atoms with Crippen LogP contribution in [0.15, 0.2) is 48.5 Å². The zero-order valence-electron chi connectivity index (χ0n) is 18.7. The molecule has 35 heavy (non-hydrogen) atoms. The number of nitrogens with zero attached hydrogens (tertiary/aromatic N) is 3. The van der Waals surface area contributed by atoms with Crippen LogP contribution in [-0.2, 0) is 9.59 Å². The van der Waals surface area contributed by atoms with E-state index in [1.54, 1.807) is 50.2 Å². The molecule has 3 rings (SSSR count). The third kappa shape index (κ3) is 5.76. The van der Waals surface area contributed by atoms with Gasteiger partial charge in [-0.25, -0.2) is 9.59 Å². The summed E-state index contributed by atoms with van der Waals surface area (Å²) in [6.07, 6.45) is -1.32. The lowest BCUT2D eigenvalue weighted by atomic mass is 9.99. The van der Waals surface area contributed by atoms with E-state index in [1.165, 1.54) is 12.1 Å². The normalized spacial score (nSPS) is 16.7. The molecule has 1 aliphatic heterocycles. The number of anilines is 2. The fraction of sp³-hybridized carbons (Fsp3) is 0.273. The van der Waals surface area contributed by atoms with Crippen molar-refractivity contribution in [3.05, 3.63) is 58.6 Å². The monoisotopic (exact) mass is 522 g/mol. The maximum Gasteiger partial charge on any atom is 0.347 e. The average molecular weight is 523 g/mol. The molecule has 0 radical (unpaired) electrons. The first-order valence-corrected chi connectivity index (χ1v) is 11.0. The summed E-state index contributed by atoms with van der Waals surface area (Å²) in [5, 5.41) is 27.3. The lowest BCUT2D eigenvalue weighted by Crippen LogP contribution is -2.58. The van der Waals surface area contributed by atoms with Crippen LogP contribution in [0, 0.1) is 0 Å². The van der Waals surface area contributed by atoms with Crippen LogP contribution in [0.5, 0.6) is 0 Å². The number of carboxylic acid groups (broad SMARTS) is 1. The molecule has 0 aromatic heterocycles.